The minimum absolute atomic E-state index is 0.164. The molecule has 5 heteroatoms. The molecule has 0 aromatic heterocycles. The predicted octanol–water partition coefficient (Wildman–Crippen LogP) is 3.23. The predicted molar refractivity (Wildman–Crippen MR) is 77.0 cm³/mol. The van der Waals surface area contributed by atoms with Crippen molar-refractivity contribution in [2.24, 2.45) is 0 Å². The van der Waals surface area contributed by atoms with Crippen LogP contribution in [-0.4, -0.2) is 23.1 Å². The third kappa shape index (κ3) is 4.26. The second kappa shape index (κ2) is 6.93. The first kappa shape index (κ1) is 14.4. The lowest BCUT2D eigenvalue weighted by molar-refractivity contribution is 0.0697. The number of carbonyl (C=O) groups is 2. The zero-order valence-corrected chi connectivity index (χ0v) is 11.4. The maximum atomic E-state index is 11.9. The number of hydrogen-bond donors (Lipinski definition) is 3. The molecule has 2 rings (SSSR count). The van der Waals surface area contributed by atoms with Crippen LogP contribution in [0.15, 0.2) is 24.3 Å². The summed E-state index contributed by atoms with van der Waals surface area (Å²) >= 11 is 0. The molecule has 5 nitrogen and oxygen atoms in total. The molecule has 0 unspecified atom stereocenters. The number of carboxylic acid groups (broad SMARTS) is 1. The molecular weight excluding hydrogens is 256 g/mol. The molecule has 20 heavy (non-hydrogen) atoms. The first-order chi connectivity index (χ1) is 9.65. The van der Waals surface area contributed by atoms with E-state index >= 15 is 0 Å². The number of carboxylic acids is 1. The molecule has 108 valence electrons. The van der Waals surface area contributed by atoms with Crippen LogP contribution in [0.2, 0.25) is 0 Å². The summed E-state index contributed by atoms with van der Waals surface area (Å²) in [5.41, 5.74) is 0.660. The number of amides is 2. The van der Waals surface area contributed by atoms with Crippen LogP contribution in [0, 0.1) is 0 Å². The Labute approximate surface area is 118 Å². The fourth-order valence-corrected chi connectivity index (χ4v) is 2.51. The summed E-state index contributed by atoms with van der Waals surface area (Å²) in [7, 11) is 0. The molecule has 1 fully saturated rings. The first-order valence-corrected chi connectivity index (χ1v) is 7.06. The van der Waals surface area contributed by atoms with Gasteiger partial charge in [-0.15, -0.1) is 0 Å². The summed E-state index contributed by atoms with van der Waals surface area (Å²) in [6.45, 7) is 0. The second-order valence-electron chi connectivity index (χ2n) is 5.17. The van der Waals surface area contributed by atoms with Gasteiger partial charge in [-0.3, -0.25) is 0 Å². The summed E-state index contributed by atoms with van der Waals surface area (Å²) in [6, 6.07) is 6.20. The summed E-state index contributed by atoms with van der Waals surface area (Å²) in [4.78, 5) is 22.8. The highest BCUT2D eigenvalue weighted by atomic mass is 16.4. The SMILES string of the molecule is O=C(Nc1cccc(C(=O)O)c1)NC1CCCCCC1. The largest absolute Gasteiger partial charge is 0.478 e. The number of nitrogens with one attached hydrogen (secondary N) is 2. The van der Waals surface area contributed by atoms with Crippen molar-refractivity contribution >= 4 is 17.7 Å². The second-order valence-corrected chi connectivity index (χ2v) is 5.17. The summed E-state index contributed by atoms with van der Waals surface area (Å²) in [6.07, 6.45) is 6.81. The van der Waals surface area contributed by atoms with E-state index in [1.807, 2.05) is 0 Å². The summed E-state index contributed by atoms with van der Waals surface area (Å²) in [5, 5.41) is 14.6. The normalized spacial score (nSPS) is 16.2. The molecule has 0 saturated heterocycles. The molecule has 1 aromatic carbocycles. The third-order valence-corrected chi connectivity index (χ3v) is 3.56. The number of carbonyl (C=O) groups excluding carboxylic acids is 1. The number of anilines is 1. The van der Waals surface area contributed by atoms with Gasteiger partial charge in [0, 0.05) is 11.7 Å². The minimum Gasteiger partial charge on any atom is -0.478 e. The van der Waals surface area contributed by atoms with E-state index in [4.69, 9.17) is 5.11 Å². The standard InChI is InChI=1S/C15H20N2O3/c18-14(19)11-6-5-9-13(10-11)17-15(20)16-12-7-3-1-2-4-8-12/h5-6,9-10,12H,1-4,7-8H2,(H,18,19)(H2,16,17,20). The van der Waals surface area contributed by atoms with Gasteiger partial charge >= 0.3 is 12.0 Å². The van der Waals surface area contributed by atoms with E-state index in [-0.39, 0.29) is 17.6 Å². The number of rotatable bonds is 3. The van der Waals surface area contributed by atoms with Gasteiger partial charge in [0.15, 0.2) is 0 Å². The monoisotopic (exact) mass is 276 g/mol. The lowest BCUT2D eigenvalue weighted by atomic mass is 10.1. The summed E-state index contributed by atoms with van der Waals surface area (Å²) in [5.74, 6) is -1.00. The van der Waals surface area contributed by atoms with E-state index < -0.39 is 5.97 Å². The fourth-order valence-electron chi connectivity index (χ4n) is 2.51. The molecule has 2 amide bonds. The zero-order valence-electron chi connectivity index (χ0n) is 11.4. The van der Waals surface area contributed by atoms with Gasteiger partial charge in [-0.25, -0.2) is 9.59 Å². The van der Waals surface area contributed by atoms with Crippen LogP contribution in [0.5, 0.6) is 0 Å². The van der Waals surface area contributed by atoms with E-state index in [0.29, 0.717) is 5.69 Å². The van der Waals surface area contributed by atoms with Crippen molar-refractivity contribution in [1.29, 1.82) is 0 Å². The molecule has 3 N–H and O–H groups in total. The molecule has 0 bridgehead atoms. The van der Waals surface area contributed by atoms with E-state index in [9.17, 15) is 9.59 Å². The maximum absolute atomic E-state index is 11.9. The van der Waals surface area contributed by atoms with Crippen LogP contribution in [-0.2, 0) is 0 Å². The quantitative estimate of drug-likeness (QED) is 0.742. The molecule has 1 saturated carbocycles. The average Bonchev–Trinajstić information content (AvgIpc) is 2.67. The number of urea groups is 1. The van der Waals surface area contributed by atoms with E-state index in [1.165, 1.54) is 25.0 Å². The van der Waals surface area contributed by atoms with Crippen LogP contribution >= 0.6 is 0 Å². The fraction of sp³-hybridized carbons (Fsp3) is 0.467. The van der Waals surface area contributed by atoms with Crippen molar-refractivity contribution in [3.63, 3.8) is 0 Å². The van der Waals surface area contributed by atoms with Gasteiger partial charge < -0.3 is 15.7 Å². The topological polar surface area (TPSA) is 78.4 Å². The van der Waals surface area contributed by atoms with Crippen molar-refractivity contribution in [3.05, 3.63) is 29.8 Å². The molecule has 0 spiro atoms. The Hall–Kier alpha value is -2.04. The molecule has 1 aromatic rings. The van der Waals surface area contributed by atoms with Crippen LogP contribution in [0.25, 0.3) is 0 Å². The smallest absolute Gasteiger partial charge is 0.335 e. The van der Waals surface area contributed by atoms with Crippen LogP contribution in [0.1, 0.15) is 48.9 Å². The van der Waals surface area contributed by atoms with Gasteiger partial charge in [-0.1, -0.05) is 31.7 Å². The van der Waals surface area contributed by atoms with Gasteiger partial charge in [0.1, 0.15) is 0 Å². The molecule has 0 atom stereocenters. The Balaban J connectivity index is 1.90. The Morgan fingerprint density at radius 1 is 1.10 bits per heavy atom. The van der Waals surface area contributed by atoms with E-state index in [1.54, 1.807) is 12.1 Å². The zero-order chi connectivity index (χ0) is 14.4. The Bertz CT molecular complexity index is 480. The number of aromatic carboxylic acids is 1. The minimum atomic E-state index is -1.00. The maximum Gasteiger partial charge on any atom is 0.335 e. The van der Waals surface area contributed by atoms with Crippen LogP contribution in [0.4, 0.5) is 10.5 Å². The van der Waals surface area contributed by atoms with Crippen molar-refractivity contribution in [2.45, 2.75) is 44.6 Å². The average molecular weight is 276 g/mol. The molecule has 0 radical (unpaired) electrons. The van der Waals surface area contributed by atoms with Gasteiger partial charge in [-0.05, 0) is 31.0 Å². The molecule has 1 aliphatic carbocycles. The summed E-state index contributed by atoms with van der Waals surface area (Å²) < 4.78 is 0. The highest BCUT2D eigenvalue weighted by molar-refractivity contribution is 5.93. The highest BCUT2D eigenvalue weighted by Gasteiger charge is 2.14. The van der Waals surface area contributed by atoms with Crippen molar-refractivity contribution < 1.29 is 14.7 Å². The number of benzene rings is 1. The van der Waals surface area contributed by atoms with E-state index in [2.05, 4.69) is 10.6 Å². The molecule has 0 aliphatic heterocycles. The first-order valence-electron chi connectivity index (χ1n) is 7.06. The number of hydrogen-bond acceptors (Lipinski definition) is 2. The highest BCUT2D eigenvalue weighted by Crippen LogP contribution is 2.17. The van der Waals surface area contributed by atoms with Crippen LogP contribution in [0.3, 0.4) is 0 Å². The molecular formula is C15H20N2O3. The van der Waals surface area contributed by atoms with Gasteiger partial charge in [0.05, 0.1) is 5.56 Å². The van der Waals surface area contributed by atoms with Gasteiger partial charge in [0.2, 0.25) is 0 Å². The Morgan fingerprint density at radius 2 is 1.80 bits per heavy atom. The van der Waals surface area contributed by atoms with Crippen molar-refractivity contribution in [3.8, 4) is 0 Å². The van der Waals surface area contributed by atoms with E-state index in [0.717, 1.165) is 25.7 Å². The van der Waals surface area contributed by atoms with Crippen molar-refractivity contribution in [1.82, 2.24) is 5.32 Å². The Kier molecular flexibility index (Phi) is 4.98. The van der Waals surface area contributed by atoms with Crippen molar-refractivity contribution in [2.75, 3.05) is 5.32 Å². The molecule has 0 heterocycles. The molecule has 1 aliphatic rings. The third-order valence-electron chi connectivity index (χ3n) is 3.56. The van der Waals surface area contributed by atoms with Crippen LogP contribution < -0.4 is 10.6 Å². The van der Waals surface area contributed by atoms with Gasteiger partial charge in [-0.2, -0.15) is 0 Å². The lowest BCUT2D eigenvalue weighted by Crippen LogP contribution is -2.37. The van der Waals surface area contributed by atoms with Gasteiger partial charge in [0.25, 0.3) is 0 Å². The lowest BCUT2D eigenvalue weighted by Gasteiger charge is -2.16. The Morgan fingerprint density at radius 3 is 2.45 bits per heavy atom.